The highest BCUT2D eigenvalue weighted by Crippen LogP contribution is 2.41. The number of ether oxygens (including phenoxy) is 2. The zero-order chi connectivity index (χ0) is 17.8. The number of alkyl halides is 1. The molecule has 0 saturated carbocycles. The Morgan fingerprint density at radius 1 is 1.04 bits per heavy atom. The maximum atomic E-state index is 9.72. The van der Waals surface area contributed by atoms with Gasteiger partial charge in [0.1, 0.15) is 10.3 Å². The Bertz CT molecular complexity index is 400. The average Bonchev–Trinajstić information content (AvgIpc) is 2.55. The van der Waals surface area contributed by atoms with Gasteiger partial charge in [-0.15, -0.1) is 0 Å². The van der Waals surface area contributed by atoms with E-state index in [1.165, 1.54) is 25.7 Å². The van der Waals surface area contributed by atoms with Crippen molar-refractivity contribution >= 4 is 23.0 Å². The van der Waals surface area contributed by atoms with E-state index in [1.54, 1.807) is 6.08 Å². The minimum absolute atomic E-state index is 0.583. The summed E-state index contributed by atoms with van der Waals surface area (Å²) >= 11 is 3.53. The second kappa shape index (κ2) is 12.1. The van der Waals surface area contributed by atoms with Crippen molar-refractivity contribution in [1.29, 1.82) is 0 Å². The molecule has 0 spiro atoms. The molecule has 0 amide bonds. The molecule has 6 heteroatoms. The van der Waals surface area contributed by atoms with Crippen LogP contribution in [0, 0.1) is 0 Å². The maximum Gasteiger partial charge on any atom is 0.463 e. The molecule has 1 aliphatic rings. The van der Waals surface area contributed by atoms with Crippen LogP contribution in [-0.4, -0.2) is 34.9 Å². The quantitative estimate of drug-likeness (QED) is 0.269. The molecule has 0 aromatic heterocycles. The maximum absolute atomic E-state index is 9.72. The standard InChI is InChI=1S/C18H32BBrO4/c1-3-5-7-9-13-23-16-11-12-18(20,17(15-16)19(21)22)24-14-10-8-6-4-2/h11-12,15,17,21-22H,3-10,13-14H2,1-2H3. The number of hydrogen-bond acceptors (Lipinski definition) is 4. The van der Waals surface area contributed by atoms with Crippen molar-refractivity contribution < 1.29 is 19.5 Å². The average molecular weight is 403 g/mol. The molecule has 1 rings (SSSR count). The van der Waals surface area contributed by atoms with Crippen LogP contribution in [0.4, 0.5) is 0 Å². The molecule has 2 N–H and O–H groups in total. The molecule has 0 aromatic rings. The predicted octanol–water partition coefficient (Wildman–Crippen LogP) is 4.57. The van der Waals surface area contributed by atoms with E-state index in [4.69, 9.17) is 9.47 Å². The lowest BCUT2D eigenvalue weighted by atomic mass is 9.67. The van der Waals surface area contributed by atoms with Gasteiger partial charge in [0.15, 0.2) is 0 Å². The Morgan fingerprint density at radius 2 is 1.67 bits per heavy atom. The van der Waals surface area contributed by atoms with E-state index < -0.39 is 17.4 Å². The third-order valence-electron chi connectivity index (χ3n) is 4.18. The Hall–Kier alpha value is -0.295. The Labute approximate surface area is 155 Å². The van der Waals surface area contributed by atoms with Gasteiger partial charge in [0.2, 0.25) is 0 Å². The smallest absolute Gasteiger partial charge is 0.463 e. The molecule has 0 heterocycles. The van der Waals surface area contributed by atoms with Gasteiger partial charge in [0.25, 0.3) is 0 Å². The van der Waals surface area contributed by atoms with Gasteiger partial charge in [0.05, 0.1) is 12.4 Å². The van der Waals surface area contributed by atoms with Crippen molar-refractivity contribution in [3.05, 3.63) is 24.0 Å². The number of allylic oxidation sites excluding steroid dienone is 1. The van der Waals surface area contributed by atoms with Gasteiger partial charge in [0, 0.05) is 6.61 Å². The minimum atomic E-state index is -1.51. The summed E-state index contributed by atoms with van der Waals surface area (Å²) in [6.07, 6.45) is 14.4. The van der Waals surface area contributed by atoms with Gasteiger partial charge >= 0.3 is 7.12 Å². The highest BCUT2D eigenvalue weighted by molar-refractivity contribution is 9.10. The first-order valence-electron chi connectivity index (χ1n) is 9.26. The monoisotopic (exact) mass is 402 g/mol. The lowest BCUT2D eigenvalue weighted by Crippen LogP contribution is -2.39. The molecule has 24 heavy (non-hydrogen) atoms. The number of rotatable bonds is 13. The molecule has 0 fully saturated rings. The molecule has 4 nitrogen and oxygen atoms in total. The third-order valence-corrected chi connectivity index (χ3v) is 5.20. The van der Waals surface area contributed by atoms with Gasteiger partial charge < -0.3 is 19.5 Å². The van der Waals surface area contributed by atoms with Gasteiger partial charge in [-0.2, -0.15) is 0 Å². The fourth-order valence-corrected chi connectivity index (χ4v) is 3.32. The molecule has 1 aliphatic carbocycles. The van der Waals surface area contributed by atoms with Crippen LogP contribution in [0.3, 0.4) is 0 Å². The van der Waals surface area contributed by atoms with E-state index in [0.717, 1.165) is 25.7 Å². The first kappa shape index (κ1) is 21.7. The lowest BCUT2D eigenvalue weighted by molar-refractivity contribution is 0.0553. The Balaban J connectivity index is 2.50. The van der Waals surface area contributed by atoms with Crippen LogP contribution in [0.5, 0.6) is 0 Å². The highest BCUT2D eigenvalue weighted by Gasteiger charge is 2.43. The summed E-state index contributed by atoms with van der Waals surface area (Å²) in [6, 6.07) is 0. The minimum Gasteiger partial charge on any atom is -0.494 e. The van der Waals surface area contributed by atoms with Gasteiger partial charge in [-0.3, -0.25) is 0 Å². The van der Waals surface area contributed by atoms with Gasteiger partial charge in [-0.05, 0) is 47.0 Å². The number of halogens is 1. The molecule has 0 radical (unpaired) electrons. The summed E-state index contributed by atoms with van der Waals surface area (Å²) in [5.74, 6) is 0.0774. The van der Waals surface area contributed by atoms with Crippen molar-refractivity contribution in [2.45, 2.75) is 75.5 Å². The Morgan fingerprint density at radius 3 is 2.25 bits per heavy atom. The number of unbranched alkanes of at least 4 members (excludes halogenated alkanes) is 6. The molecule has 0 aliphatic heterocycles. The van der Waals surface area contributed by atoms with E-state index in [9.17, 15) is 10.0 Å². The third kappa shape index (κ3) is 7.73. The lowest BCUT2D eigenvalue weighted by Gasteiger charge is -2.34. The zero-order valence-corrected chi connectivity index (χ0v) is 16.6. The van der Waals surface area contributed by atoms with Crippen molar-refractivity contribution in [3.8, 4) is 0 Å². The largest absolute Gasteiger partial charge is 0.494 e. The zero-order valence-electron chi connectivity index (χ0n) is 15.0. The van der Waals surface area contributed by atoms with Crippen molar-refractivity contribution in [2.75, 3.05) is 13.2 Å². The van der Waals surface area contributed by atoms with Crippen LogP contribution in [0.15, 0.2) is 24.0 Å². The second-order valence-electron chi connectivity index (χ2n) is 6.36. The fourth-order valence-electron chi connectivity index (χ4n) is 2.66. The summed E-state index contributed by atoms with van der Waals surface area (Å²) in [6.45, 7) is 5.58. The van der Waals surface area contributed by atoms with E-state index >= 15 is 0 Å². The summed E-state index contributed by atoms with van der Waals surface area (Å²) in [5.41, 5.74) is 0. The van der Waals surface area contributed by atoms with Gasteiger partial charge in [-0.1, -0.05) is 52.4 Å². The van der Waals surface area contributed by atoms with E-state index in [1.807, 2.05) is 12.2 Å². The molecule has 2 atom stereocenters. The summed E-state index contributed by atoms with van der Waals surface area (Å²) in [4.78, 5) is 0. The SMILES string of the molecule is CCCCCCOC1=CC(B(O)O)C(Br)(OCCCCCC)C=C1. The molecular formula is C18H32BBrO4. The first-order valence-corrected chi connectivity index (χ1v) is 10.1. The van der Waals surface area contributed by atoms with E-state index in [2.05, 4.69) is 29.8 Å². The van der Waals surface area contributed by atoms with Gasteiger partial charge in [-0.25, -0.2) is 0 Å². The van der Waals surface area contributed by atoms with Crippen molar-refractivity contribution in [1.82, 2.24) is 0 Å². The summed E-state index contributed by atoms with van der Waals surface area (Å²) in [5, 5.41) is 19.4. The van der Waals surface area contributed by atoms with Crippen molar-refractivity contribution in [3.63, 3.8) is 0 Å². The Kier molecular flexibility index (Phi) is 11.0. The van der Waals surface area contributed by atoms with Crippen LogP contribution in [0.1, 0.15) is 65.2 Å². The van der Waals surface area contributed by atoms with Crippen LogP contribution in [0.2, 0.25) is 5.82 Å². The highest BCUT2D eigenvalue weighted by atomic mass is 79.9. The molecule has 0 bridgehead atoms. The fraction of sp³-hybridized carbons (Fsp3) is 0.778. The van der Waals surface area contributed by atoms with Crippen LogP contribution < -0.4 is 0 Å². The molecular weight excluding hydrogens is 371 g/mol. The molecule has 0 aromatic carbocycles. The normalized spacial score (nSPS) is 23.2. The number of hydrogen-bond donors (Lipinski definition) is 2. The molecule has 138 valence electrons. The van der Waals surface area contributed by atoms with E-state index in [-0.39, 0.29) is 0 Å². The van der Waals surface area contributed by atoms with Crippen molar-refractivity contribution in [2.24, 2.45) is 0 Å². The predicted molar refractivity (Wildman–Crippen MR) is 103 cm³/mol. The molecule has 2 unspecified atom stereocenters. The van der Waals surface area contributed by atoms with Crippen LogP contribution in [0.25, 0.3) is 0 Å². The second-order valence-corrected chi connectivity index (χ2v) is 7.60. The molecule has 0 saturated heterocycles. The summed E-state index contributed by atoms with van der Waals surface area (Å²) < 4.78 is 10.8. The summed E-state index contributed by atoms with van der Waals surface area (Å²) in [7, 11) is -1.51. The van der Waals surface area contributed by atoms with E-state index in [0.29, 0.717) is 19.0 Å². The van der Waals surface area contributed by atoms with Crippen LogP contribution in [-0.2, 0) is 9.47 Å². The van der Waals surface area contributed by atoms with Crippen LogP contribution >= 0.6 is 15.9 Å². The topological polar surface area (TPSA) is 58.9 Å². The first-order chi connectivity index (χ1) is 11.5.